The van der Waals surface area contributed by atoms with Crippen LogP contribution in [0.25, 0.3) is 0 Å². The summed E-state index contributed by atoms with van der Waals surface area (Å²) in [5.41, 5.74) is 2.42. The highest BCUT2D eigenvalue weighted by Crippen LogP contribution is 2.28. The van der Waals surface area contributed by atoms with E-state index in [1.165, 1.54) is 12.1 Å². The lowest BCUT2D eigenvalue weighted by atomic mass is 9.95. The molecule has 0 heterocycles. The summed E-state index contributed by atoms with van der Waals surface area (Å²) in [6, 6.07) is 10.1. The number of alkyl carbamates (subject to hydrolysis) is 1. The Bertz CT molecular complexity index is 1300. The molecule has 0 aliphatic carbocycles. The molecule has 3 N–H and O–H groups in total. The predicted molar refractivity (Wildman–Crippen MR) is 183 cm³/mol. The van der Waals surface area contributed by atoms with E-state index in [-0.39, 0.29) is 38.3 Å². The lowest BCUT2D eigenvalue weighted by Crippen LogP contribution is -2.54. The van der Waals surface area contributed by atoms with E-state index in [0.29, 0.717) is 17.5 Å². The maximum atomic E-state index is 14.7. The van der Waals surface area contributed by atoms with Gasteiger partial charge in [-0.15, -0.1) is 0 Å². The van der Waals surface area contributed by atoms with Crippen molar-refractivity contribution in [2.75, 3.05) is 19.7 Å². The van der Waals surface area contributed by atoms with E-state index in [9.17, 15) is 24.3 Å². The lowest BCUT2D eigenvalue weighted by Gasteiger charge is -2.35. The summed E-state index contributed by atoms with van der Waals surface area (Å²) < 4.78 is 10.6. The van der Waals surface area contributed by atoms with Crippen LogP contribution in [0.4, 0.5) is 4.79 Å². The Balaban J connectivity index is 2.56. The molecule has 0 fully saturated rings. The standard InChI is InChI=1S/C37H55N3O7/c1-8-10-11-12-13-14-23-40(33(30-20-15-26(3)24-27(30)4)34(43)38-22-21-32(42)46-9-2)35(44)31(39-36(45)47-37(5,6)7)25-28-16-18-29(41)19-17-28/h15-20,24,31,33,41H,8-14,21-23,25H2,1-7H3,(H,38,43)(H,39,45). The van der Waals surface area contributed by atoms with Gasteiger partial charge in [0.05, 0.1) is 13.0 Å². The summed E-state index contributed by atoms with van der Waals surface area (Å²) in [4.78, 5) is 55.4. The van der Waals surface area contributed by atoms with Gasteiger partial charge in [0, 0.05) is 19.5 Å². The van der Waals surface area contributed by atoms with Gasteiger partial charge in [0.25, 0.3) is 0 Å². The Hall–Kier alpha value is -4.08. The topological polar surface area (TPSA) is 134 Å². The second kappa shape index (κ2) is 19.6. The normalized spacial score (nSPS) is 12.5. The van der Waals surface area contributed by atoms with E-state index < -0.39 is 41.6 Å². The largest absolute Gasteiger partial charge is 0.508 e. The molecule has 0 bridgehead atoms. The van der Waals surface area contributed by atoms with Crippen LogP contribution < -0.4 is 10.6 Å². The molecular weight excluding hydrogens is 598 g/mol. The Morgan fingerprint density at radius 1 is 0.915 bits per heavy atom. The Morgan fingerprint density at radius 3 is 2.19 bits per heavy atom. The van der Waals surface area contributed by atoms with Crippen molar-refractivity contribution in [3.05, 3.63) is 64.7 Å². The Kier molecular flexibility index (Phi) is 16.3. The molecule has 2 aromatic rings. The number of esters is 1. The van der Waals surface area contributed by atoms with Gasteiger partial charge in [0.2, 0.25) is 11.8 Å². The first-order valence-electron chi connectivity index (χ1n) is 16.8. The van der Waals surface area contributed by atoms with Gasteiger partial charge in [-0.25, -0.2) is 4.79 Å². The van der Waals surface area contributed by atoms with Gasteiger partial charge < -0.3 is 30.1 Å². The summed E-state index contributed by atoms with van der Waals surface area (Å²) in [5.74, 6) is -1.22. The second-order valence-corrected chi connectivity index (χ2v) is 13.0. The summed E-state index contributed by atoms with van der Waals surface area (Å²) >= 11 is 0. The third-order valence-corrected chi connectivity index (χ3v) is 7.61. The molecule has 260 valence electrons. The SMILES string of the molecule is CCCCCCCCN(C(=O)C(Cc1ccc(O)cc1)NC(=O)OC(C)(C)C)C(C(=O)NCCC(=O)OCC)c1ccc(C)cc1C. The molecule has 47 heavy (non-hydrogen) atoms. The molecule has 0 radical (unpaired) electrons. The van der Waals surface area contributed by atoms with Crippen LogP contribution in [0.3, 0.4) is 0 Å². The quantitative estimate of drug-likeness (QED) is 0.124. The molecule has 2 unspecified atom stereocenters. The van der Waals surface area contributed by atoms with Crippen LogP contribution in [0, 0.1) is 13.8 Å². The molecule has 0 saturated carbocycles. The van der Waals surface area contributed by atoms with Crippen molar-refractivity contribution in [2.24, 2.45) is 0 Å². The van der Waals surface area contributed by atoms with Gasteiger partial charge in [-0.3, -0.25) is 14.4 Å². The number of phenolic OH excluding ortho intramolecular Hbond substituents is 1. The molecular formula is C37H55N3O7. The number of unbranched alkanes of at least 4 members (excludes halogenated alkanes) is 5. The van der Waals surface area contributed by atoms with Gasteiger partial charge in [0.1, 0.15) is 23.4 Å². The third-order valence-electron chi connectivity index (χ3n) is 7.61. The van der Waals surface area contributed by atoms with Crippen molar-refractivity contribution in [1.82, 2.24) is 15.5 Å². The smallest absolute Gasteiger partial charge is 0.408 e. The van der Waals surface area contributed by atoms with Gasteiger partial charge in [-0.05, 0) is 76.8 Å². The first kappa shape index (κ1) is 39.1. The van der Waals surface area contributed by atoms with Crippen LogP contribution in [0.5, 0.6) is 5.75 Å². The lowest BCUT2D eigenvalue weighted by molar-refractivity contribution is -0.144. The molecule has 2 aromatic carbocycles. The summed E-state index contributed by atoms with van der Waals surface area (Å²) in [5, 5.41) is 15.5. The number of hydrogen-bond donors (Lipinski definition) is 3. The minimum absolute atomic E-state index is 0.00572. The van der Waals surface area contributed by atoms with E-state index in [1.54, 1.807) is 44.7 Å². The third kappa shape index (κ3) is 14.1. The van der Waals surface area contributed by atoms with Gasteiger partial charge in [0.15, 0.2) is 0 Å². The summed E-state index contributed by atoms with van der Waals surface area (Å²) in [7, 11) is 0. The highest BCUT2D eigenvalue weighted by molar-refractivity contribution is 5.92. The zero-order valence-corrected chi connectivity index (χ0v) is 29.3. The zero-order valence-electron chi connectivity index (χ0n) is 29.3. The molecule has 2 rings (SSSR count). The highest BCUT2D eigenvalue weighted by atomic mass is 16.6. The number of ether oxygens (including phenoxy) is 2. The molecule has 10 nitrogen and oxygen atoms in total. The molecule has 0 aromatic heterocycles. The number of nitrogens with zero attached hydrogens (tertiary/aromatic N) is 1. The number of carbonyl (C=O) groups excluding carboxylic acids is 4. The Morgan fingerprint density at radius 2 is 1.57 bits per heavy atom. The van der Waals surface area contributed by atoms with E-state index >= 15 is 0 Å². The number of nitrogens with one attached hydrogen (secondary N) is 2. The van der Waals surface area contributed by atoms with Crippen LogP contribution in [-0.4, -0.2) is 65.2 Å². The molecule has 0 saturated heterocycles. The fourth-order valence-corrected chi connectivity index (χ4v) is 5.35. The van der Waals surface area contributed by atoms with Gasteiger partial charge in [-0.2, -0.15) is 0 Å². The van der Waals surface area contributed by atoms with E-state index in [0.717, 1.165) is 43.2 Å². The van der Waals surface area contributed by atoms with E-state index in [2.05, 4.69) is 17.6 Å². The molecule has 0 aliphatic rings. The van der Waals surface area contributed by atoms with E-state index in [1.807, 2.05) is 32.0 Å². The number of carbonyl (C=O) groups is 4. The number of rotatable bonds is 18. The van der Waals surface area contributed by atoms with Crippen molar-refractivity contribution in [1.29, 1.82) is 0 Å². The van der Waals surface area contributed by atoms with Crippen molar-refractivity contribution in [3.63, 3.8) is 0 Å². The number of aryl methyl sites for hydroxylation is 2. The first-order chi connectivity index (χ1) is 22.2. The highest BCUT2D eigenvalue weighted by Gasteiger charge is 2.37. The van der Waals surface area contributed by atoms with Crippen LogP contribution in [-0.2, 0) is 30.3 Å². The molecule has 0 aliphatic heterocycles. The van der Waals surface area contributed by atoms with Crippen molar-refractivity contribution in [2.45, 2.75) is 118 Å². The average Bonchev–Trinajstić information content (AvgIpc) is 2.98. The van der Waals surface area contributed by atoms with Crippen LogP contribution >= 0.6 is 0 Å². The van der Waals surface area contributed by atoms with Crippen LogP contribution in [0.1, 0.15) is 108 Å². The van der Waals surface area contributed by atoms with Gasteiger partial charge in [-0.1, -0.05) is 74.9 Å². The second-order valence-electron chi connectivity index (χ2n) is 13.0. The Labute approximate surface area is 280 Å². The maximum absolute atomic E-state index is 14.7. The molecule has 0 spiro atoms. The van der Waals surface area contributed by atoms with Crippen molar-refractivity contribution >= 4 is 23.9 Å². The molecule has 10 heteroatoms. The first-order valence-corrected chi connectivity index (χ1v) is 16.8. The van der Waals surface area contributed by atoms with Crippen molar-refractivity contribution < 1.29 is 33.8 Å². The predicted octanol–water partition coefficient (Wildman–Crippen LogP) is 6.44. The fraction of sp³-hybridized carbons (Fsp3) is 0.568. The summed E-state index contributed by atoms with van der Waals surface area (Å²) in [6.45, 7) is 13.5. The van der Waals surface area contributed by atoms with Crippen LogP contribution in [0.15, 0.2) is 42.5 Å². The van der Waals surface area contributed by atoms with E-state index in [4.69, 9.17) is 9.47 Å². The number of benzene rings is 2. The summed E-state index contributed by atoms with van der Waals surface area (Å²) in [6.07, 6.45) is 5.21. The molecule has 3 amide bonds. The molecule has 2 atom stereocenters. The fourth-order valence-electron chi connectivity index (χ4n) is 5.35. The average molecular weight is 654 g/mol. The minimum Gasteiger partial charge on any atom is -0.508 e. The number of phenols is 1. The van der Waals surface area contributed by atoms with Gasteiger partial charge >= 0.3 is 12.1 Å². The van der Waals surface area contributed by atoms with Crippen molar-refractivity contribution in [3.8, 4) is 5.75 Å². The van der Waals surface area contributed by atoms with Crippen LogP contribution in [0.2, 0.25) is 0 Å². The minimum atomic E-state index is -1.07. The number of aromatic hydroxyl groups is 1. The maximum Gasteiger partial charge on any atom is 0.408 e. The number of amides is 3. The number of hydrogen-bond acceptors (Lipinski definition) is 7. The zero-order chi connectivity index (χ0) is 35.0. The monoisotopic (exact) mass is 653 g/mol.